The van der Waals surface area contributed by atoms with Gasteiger partial charge in [0.1, 0.15) is 5.82 Å². The van der Waals surface area contributed by atoms with Crippen LogP contribution in [0.2, 0.25) is 0 Å². The fourth-order valence-electron chi connectivity index (χ4n) is 3.93. The Hall–Kier alpha value is -2.37. The van der Waals surface area contributed by atoms with Crippen molar-refractivity contribution in [3.8, 4) is 0 Å². The van der Waals surface area contributed by atoms with Gasteiger partial charge in [-0.25, -0.2) is 4.98 Å². The minimum atomic E-state index is 0.0484. The van der Waals surface area contributed by atoms with Crippen molar-refractivity contribution in [2.75, 3.05) is 44.7 Å². The summed E-state index contributed by atoms with van der Waals surface area (Å²) >= 11 is 0. The number of carbonyl (C=O) groups excluding carboxylic acids is 2. The molecule has 0 bridgehead atoms. The monoisotopic (exact) mass is 370 g/mol. The van der Waals surface area contributed by atoms with Crippen LogP contribution in [0.1, 0.15) is 43.0 Å². The number of amides is 2. The highest BCUT2D eigenvalue weighted by Crippen LogP contribution is 2.22. The topological polar surface area (TPSA) is 56.8 Å². The zero-order valence-corrected chi connectivity index (χ0v) is 16.5. The van der Waals surface area contributed by atoms with Crippen LogP contribution in [0.5, 0.6) is 0 Å². The number of piperidine rings is 1. The number of hydrogen-bond acceptors (Lipinski definition) is 4. The van der Waals surface area contributed by atoms with Crippen LogP contribution in [0.3, 0.4) is 0 Å². The summed E-state index contributed by atoms with van der Waals surface area (Å²) in [6.07, 6.45) is 5.27. The summed E-state index contributed by atoms with van der Waals surface area (Å²) in [7, 11) is 1.97. The molecule has 6 heteroatoms. The second-order valence-corrected chi connectivity index (χ2v) is 7.90. The van der Waals surface area contributed by atoms with Crippen molar-refractivity contribution in [3.05, 3.63) is 36.0 Å². The number of likely N-dealkylation sites (N-methyl/N-ethyl adjacent to an activating group) is 1. The van der Waals surface area contributed by atoms with Gasteiger partial charge in [-0.3, -0.25) is 9.59 Å². The van der Waals surface area contributed by atoms with Crippen molar-refractivity contribution in [1.29, 1.82) is 0 Å². The van der Waals surface area contributed by atoms with Crippen molar-refractivity contribution in [2.45, 2.75) is 32.6 Å². The molecule has 3 rings (SSSR count). The molecule has 2 saturated heterocycles. The molecule has 0 N–H and O–H groups in total. The zero-order valence-electron chi connectivity index (χ0n) is 16.5. The van der Waals surface area contributed by atoms with E-state index in [0.717, 1.165) is 63.4 Å². The Balaban J connectivity index is 1.51. The Morgan fingerprint density at radius 2 is 2.04 bits per heavy atom. The van der Waals surface area contributed by atoms with E-state index < -0.39 is 0 Å². The van der Waals surface area contributed by atoms with Gasteiger partial charge in [-0.2, -0.15) is 0 Å². The molecule has 3 heterocycles. The van der Waals surface area contributed by atoms with Crippen LogP contribution in [0.25, 0.3) is 0 Å². The maximum atomic E-state index is 12.8. The summed E-state index contributed by atoms with van der Waals surface area (Å²) in [5.74, 6) is 1.68. The smallest absolute Gasteiger partial charge is 0.255 e. The predicted molar refractivity (Wildman–Crippen MR) is 107 cm³/mol. The number of aromatic nitrogens is 1. The Bertz CT molecular complexity index is 693. The fourth-order valence-corrected chi connectivity index (χ4v) is 3.93. The van der Waals surface area contributed by atoms with Gasteiger partial charge in [0.25, 0.3) is 5.91 Å². The highest BCUT2D eigenvalue weighted by molar-refractivity contribution is 5.94. The first kappa shape index (κ1) is 19.4. The summed E-state index contributed by atoms with van der Waals surface area (Å²) in [5, 5.41) is 0. The summed E-state index contributed by atoms with van der Waals surface area (Å²) in [6.45, 7) is 9.90. The number of hydrogen-bond donors (Lipinski definition) is 0. The standard InChI is InChI=1S/C21H30N4O2/c1-16(2)14-23(3)19-7-6-18(13-22-19)21(27)24-11-8-17(9-12-24)15-25-10-4-5-20(25)26/h6-7,13,17H,1,4-5,8-12,14-15H2,2-3H3. The normalized spacial score (nSPS) is 18.1. The maximum absolute atomic E-state index is 12.8. The number of pyridine rings is 1. The molecule has 0 radical (unpaired) electrons. The average Bonchev–Trinajstić information content (AvgIpc) is 3.06. The lowest BCUT2D eigenvalue weighted by Gasteiger charge is -2.34. The maximum Gasteiger partial charge on any atom is 0.255 e. The molecule has 0 spiro atoms. The highest BCUT2D eigenvalue weighted by Gasteiger charge is 2.28. The van der Waals surface area contributed by atoms with Gasteiger partial charge < -0.3 is 14.7 Å². The Morgan fingerprint density at radius 3 is 2.59 bits per heavy atom. The van der Waals surface area contributed by atoms with Gasteiger partial charge in [-0.1, -0.05) is 12.2 Å². The molecule has 2 fully saturated rings. The minimum absolute atomic E-state index is 0.0484. The van der Waals surface area contributed by atoms with E-state index in [1.165, 1.54) is 0 Å². The van der Waals surface area contributed by atoms with Crippen molar-refractivity contribution in [3.63, 3.8) is 0 Å². The van der Waals surface area contributed by atoms with E-state index in [0.29, 0.717) is 17.9 Å². The lowest BCUT2D eigenvalue weighted by molar-refractivity contribution is -0.128. The number of nitrogens with zero attached hydrogens (tertiary/aromatic N) is 4. The van der Waals surface area contributed by atoms with Gasteiger partial charge in [0.15, 0.2) is 0 Å². The first-order chi connectivity index (χ1) is 12.9. The van der Waals surface area contributed by atoms with E-state index in [2.05, 4.69) is 11.6 Å². The minimum Gasteiger partial charge on any atom is -0.356 e. The summed E-state index contributed by atoms with van der Waals surface area (Å²) < 4.78 is 0. The molecule has 0 aliphatic carbocycles. The van der Waals surface area contributed by atoms with Gasteiger partial charge >= 0.3 is 0 Å². The second kappa shape index (κ2) is 8.55. The van der Waals surface area contributed by atoms with Gasteiger partial charge in [0.05, 0.1) is 5.56 Å². The molecule has 2 amide bonds. The molecule has 0 aromatic carbocycles. The van der Waals surface area contributed by atoms with Crippen molar-refractivity contribution in [2.24, 2.45) is 5.92 Å². The molecule has 27 heavy (non-hydrogen) atoms. The summed E-state index contributed by atoms with van der Waals surface area (Å²) in [4.78, 5) is 34.9. The zero-order chi connectivity index (χ0) is 19.4. The van der Waals surface area contributed by atoms with E-state index in [1.807, 2.05) is 40.8 Å². The third-order valence-corrected chi connectivity index (χ3v) is 5.44. The van der Waals surface area contributed by atoms with Crippen LogP contribution < -0.4 is 4.90 Å². The molecule has 0 saturated carbocycles. The van der Waals surface area contributed by atoms with Crippen LogP contribution in [0.4, 0.5) is 5.82 Å². The summed E-state index contributed by atoms with van der Waals surface area (Å²) in [6, 6.07) is 3.75. The fraction of sp³-hybridized carbons (Fsp3) is 0.571. The van der Waals surface area contributed by atoms with Crippen LogP contribution in [0.15, 0.2) is 30.5 Å². The van der Waals surface area contributed by atoms with E-state index in [4.69, 9.17) is 0 Å². The molecular weight excluding hydrogens is 340 g/mol. The Labute approximate surface area is 161 Å². The quantitative estimate of drug-likeness (QED) is 0.722. The van der Waals surface area contributed by atoms with E-state index >= 15 is 0 Å². The molecular formula is C21H30N4O2. The number of likely N-dealkylation sites (tertiary alicyclic amines) is 2. The van der Waals surface area contributed by atoms with Crippen LogP contribution >= 0.6 is 0 Å². The largest absolute Gasteiger partial charge is 0.356 e. The van der Waals surface area contributed by atoms with Crippen LogP contribution in [-0.2, 0) is 4.79 Å². The Morgan fingerprint density at radius 1 is 1.30 bits per heavy atom. The number of carbonyl (C=O) groups is 2. The van der Waals surface area contributed by atoms with Gasteiger partial charge in [0.2, 0.25) is 5.91 Å². The molecule has 0 unspecified atom stereocenters. The van der Waals surface area contributed by atoms with Gasteiger partial charge in [-0.05, 0) is 44.2 Å². The molecule has 2 aliphatic heterocycles. The third kappa shape index (κ3) is 4.87. The highest BCUT2D eigenvalue weighted by atomic mass is 16.2. The van der Waals surface area contributed by atoms with Crippen molar-refractivity contribution >= 4 is 17.6 Å². The van der Waals surface area contributed by atoms with E-state index in [-0.39, 0.29) is 11.8 Å². The SMILES string of the molecule is C=C(C)CN(C)c1ccc(C(=O)N2CCC(CN3CCCC3=O)CC2)cn1. The predicted octanol–water partition coefficient (Wildman–Crippen LogP) is 2.57. The van der Waals surface area contributed by atoms with E-state index in [1.54, 1.807) is 6.20 Å². The Kier molecular flexibility index (Phi) is 6.14. The van der Waals surface area contributed by atoms with Crippen molar-refractivity contribution < 1.29 is 9.59 Å². The number of rotatable bonds is 6. The van der Waals surface area contributed by atoms with Gasteiger partial charge in [-0.15, -0.1) is 0 Å². The summed E-state index contributed by atoms with van der Waals surface area (Å²) in [5.41, 5.74) is 1.70. The van der Waals surface area contributed by atoms with Gasteiger partial charge in [0, 0.05) is 52.4 Å². The first-order valence-electron chi connectivity index (χ1n) is 9.82. The van der Waals surface area contributed by atoms with Crippen LogP contribution in [0, 0.1) is 5.92 Å². The molecule has 6 nitrogen and oxygen atoms in total. The first-order valence-corrected chi connectivity index (χ1v) is 9.82. The van der Waals surface area contributed by atoms with Crippen LogP contribution in [-0.4, -0.2) is 66.4 Å². The molecule has 2 aliphatic rings. The molecule has 146 valence electrons. The average molecular weight is 370 g/mol. The third-order valence-electron chi connectivity index (χ3n) is 5.44. The number of anilines is 1. The second-order valence-electron chi connectivity index (χ2n) is 7.90. The molecule has 1 aromatic rings. The van der Waals surface area contributed by atoms with E-state index in [9.17, 15) is 9.59 Å². The lowest BCUT2D eigenvalue weighted by atomic mass is 9.96. The molecule has 0 atom stereocenters. The lowest BCUT2D eigenvalue weighted by Crippen LogP contribution is -2.41. The molecule has 1 aromatic heterocycles. The van der Waals surface area contributed by atoms with Crippen molar-refractivity contribution in [1.82, 2.24) is 14.8 Å².